The number of carbonyl (C=O) groups is 1. The minimum absolute atomic E-state index is 0.0804. The van der Waals surface area contributed by atoms with Crippen molar-refractivity contribution in [3.63, 3.8) is 0 Å². The largest absolute Gasteiger partial charge is 0.496 e. The summed E-state index contributed by atoms with van der Waals surface area (Å²) in [5.74, 6) is 2.47. The van der Waals surface area contributed by atoms with Crippen LogP contribution in [-0.4, -0.2) is 56.9 Å². The Bertz CT molecular complexity index is 1440. The smallest absolute Gasteiger partial charge is 0.323 e. The van der Waals surface area contributed by atoms with Gasteiger partial charge in [-0.15, -0.1) is 0 Å². The fourth-order valence-corrected chi connectivity index (χ4v) is 6.38. The average molecular weight is 637 g/mol. The molecule has 0 amide bonds. The van der Waals surface area contributed by atoms with Gasteiger partial charge in [0.25, 0.3) is 0 Å². The lowest BCUT2D eigenvalue weighted by Crippen LogP contribution is -2.34. The second-order valence-electron chi connectivity index (χ2n) is 11.9. The Labute approximate surface area is 274 Å². The molecule has 2 aliphatic rings. The first-order chi connectivity index (χ1) is 21.7. The Hall–Kier alpha value is -3.26. The van der Waals surface area contributed by atoms with Crippen LogP contribution in [0.3, 0.4) is 0 Å². The van der Waals surface area contributed by atoms with Gasteiger partial charge < -0.3 is 29.2 Å². The standard InChI is InChI=1S/C35H43ClN2O5.C2H6/c1-22-15-31(35(39)43-22)37-18-27-16-30(36)34(17-33(27)40-5)42-21-26-10-6-11-28(23(26)2)29-12-7-13-32(24(29)3)41-20-25-9-8-14-38(4)19-25;1-2/h6-7,10-13,16-17,22,25,31,37H,8-9,14-15,18-21H2,1-5H3;1-2H3. The van der Waals surface area contributed by atoms with E-state index in [0.717, 1.165) is 52.3 Å². The minimum atomic E-state index is -0.334. The summed E-state index contributed by atoms with van der Waals surface area (Å²) in [6, 6.07) is 15.9. The molecule has 45 heavy (non-hydrogen) atoms. The Kier molecular flexibility index (Phi) is 12.6. The summed E-state index contributed by atoms with van der Waals surface area (Å²) in [7, 11) is 3.80. The van der Waals surface area contributed by atoms with E-state index in [9.17, 15) is 4.79 Å². The molecule has 2 heterocycles. The second kappa shape index (κ2) is 16.3. The molecular formula is C37H49ClN2O5. The van der Waals surface area contributed by atoms with Crippen LogP contribution in [0.5, 0.6) is 17.2 Å². The molecule has 3 aromatic carbocycles. The van der Waals surface area contributed by atoms with Crippen LogP contribution >= 0.6 is 11.6 Å². The number of nitrogens with zero attached hydrogens (tertiary/aromatic N) is 1. The van der Waals surface area contributed by atoms with Crippen molar-refractivity contribution in [2.45, 2.75) is 79.2 Å². The highest BCUT2D eigenvalue weighted by Crippen LogP contribution is 2.36. The van der Waals surface area contributed by atoms with Crippen molar-refractivity contribution in [2.24, 2.45) is 5.92 Å². The van der Waals surface area contributed by atoms with Crippen molar-refractivity contribution in [3.05, 3.63) is 75.8 Å². The first kappa shape index (κ1) is 34.6. The molecule has 0 bridgehead atoms. The summed E-state index contributed by atoms with van der Waals surface area (Å²) in [6.45, 7) is 14.0. The van der Waals surface area contributed by atoms with Crippen molar-refractivity contribution < 1.29 is 23.7 Å². The fourth-order valence-electron chi connectivity index (χ4n) is 6.14. The van der Waals surface area contributed by atoms with Crippen molar-refractivity contribution in [2.75, 3.05) is 33.9 Å². The lowest BCUT2D eigenvalue weighted by Gasteiger charge is -2.29. The quantitative estimate of drug-likeness (QED) is 0.216. The van der Waals surface area contributed by atoms with E-state index in [1.807, 2.05) is 32.9 Å². The molecular weight excluding hydrogens is 588 g/mol. The highest BCUT2D eigenvalue weighted by atomic mass is 35.5. The number of nitrogens with one attached hydrogen (secondary N) is 1. The van der Waals surface area contributed by atoms with Gasteiger partial charge in [0.1, 0.15) is 36.0 Å². The molecule has 0 aliphatic carbocycles. The highest BCUT2D eigenvalue weighted by Gasteiger charge is 2.31. The predicted octanol–water partition coefficient (Wildman–Crippen LogP) is 7.75. The molecule has 0 spiro atoms. The van der Waals surface area contributed by atoms with Crippen LogP contribution in [-0.2, 0) is 22.7 Å². The van der Waals surface area contributed by atoms with Crippen LogP contribution in [0.2, 0.25) is 5.02 Å². The van der Waals surface area contributed by atoms with E-state index in [1.165, 1.54) is 19.4 Å². The number of hydrogen-bond donors (Lipinski definition) is 1. The minimum Gasteiger partial charge on any atom is -0.496 e. The molecule has 0 aromatic heterocycles. The zero-order valence-electron chi connectivity index (χ0n) is 27.9. The van der Waals surface area contributed by atoms with Crippen molar-refractivity contribution in [1.29, 1.82) is 0 Å². The lowest BCUT2D eigenvalue weighted by molar-refractivity contribution is -0.142. The van der Waals surface area contributed by atoms with Gasteiger partial charge in [-0.3, -0.25) is 4.79 Å². The van der Waals surface area contributed by atoms with Crippen LogP contribution in [0.15, 0.2) is 48.5 Å². The van der Waals surface area contributed by atoms with Gasteiger partial charge in [-0.2, -0.15) is 0 Å². The van der Waals surface area contributed by atoms with E-state index in [2.05, 4.69) is 67.5 Å². The molecule has 1 N–H and O–H groups in total. The van der Waals surface area contributed by atoms with Gasteiger partial charge in [-0.1, -0.05) is 55.8 Å². The summed E-state index contributed by atoms with van der Waals surface area (Å²) >= 11 is 6.65. The van der Waals surface area contributed by atoms with E-state index >= 15 is 0 Å². The van der Waals surface area contributed by atoms with Gasteiger partial charge in [0.05, 0.1) is 18.7 Å². The molecule has 2 aliphatic heterocycles. The fraction of sp³-hybridized carbons (Fsp3) is 0.486. The predicted molar refractivity (Wildman–Crippen MR) is 182 cm³/mol. The van der Waals surface area contributed by atoms with Crippen molar-refractivity contribution in [3.8, 4) is 28.4 Å². The summed E-state index contributed by atoms with van der Waals surface area (Å²) in [4.78, 5) is 14.4. The van der Waals surface area contributed by atoms with Crippen LogP contribution in [0.25, 0.3) is 11.1 Å². The SMILES string of the molecule is CC.COc1cc(OCc2cccc(-c3cccc(OCC4CCCN(C)C4)c3C)c2C)c(Cl)cc1CNC1CC(C)OC1=O. The van der Waals surface area contributed by atoms with E-state index < -0.39 is 0 Å². The van der Waals surface area contributed by atoms with Gasteiger partial charge >= 0.3 is 5.97 Å². The summed E-state index contributed by atoms with van der Waals surface area (Å²) in [5.41, 5.74) is 6.53. The lowest BCUT2D eigenvalue weighted by atomic mass is 9.93. The number of cyclic esters (lactones) is 1. The third-order valence-electron chi connectivity index (χ3n) is 8.64. The Morgan fingerprint density at radius 1 is 0.978 bits per heavy atom. The second-order valence-corrected chi connectivity index (χ2v) is 12.3. The normalized spacial score (nSPS) is 19.8. The molecule has 8 heteroatoms. The van der Waals surface area contributed by atoms with E-state index in [4.69, 9.17) is 30.5 Å². The van der Waals surface area contributed by atoms with Crippen molar-refractivity contribution >= 4 is 17.6 Å². The summed E-state index contributed by atoms with van der Waals surface area (Å²) in [5, 5.41) is 3.74. The van der Waals surface area contributed by atoms with Gasteiger partial charge in [0, 0.05) is 37.1 Å². The molecule has 7 nitrogen and oxygen atoms in total. The van der Waals surface area contributed by atoms with E-state index in [1.54, 1.807) is 7.11 Å². The zero-order valence-corrected chi connectivity index (χ0v) is 28.6. The maximum atomic E-state index is 12.0. The van der Waals surface area contributed by atoms with Crippen molar-refractivity contribution in [1.82, 2.24) is 10.2 Å². The van der Waals surface area contributed by atoms with Gasteiger partial charge in [0.2, 0.25) is 0 Å². The molecule has 3 aromatic rings. The third-order valence-corrected chi connectivity index (χ3v) is 8.94. The molecule has 3 atom stereocenters. The Morgan fingerprint density at radius 2 is 1.71 bits per heavy atom. The Balaban J connectivity index is 0.00000226. The number of halogens is 1. The van der Waals surface area contributed by atoms with Crippen LogP contribution in [0.1, 0.15) is 62.3 Å². The van der Waals surface area contributed by atoms with E-state index in [0.29, 0.717) is 42.0 Å². The number of rotatable bonds is 11. The van der Waals surface area contributed by atoms with Crippen LogP contribution in [0.4, 0.5) is 0 Å². The molecule has 0 radical (unpaired) electrons. The zero-order chi connectivity index (χ0) is 32.5. The number of methoxy groups -OCH3 is 1. The number of piperidine rings is 1. The number of carbonyl (C=O) groups excluding carboxylic acids is 1. The molecule has 244 valence electrons. The molecule has 3 unspecified atom stereocenters. The maximum Gasteiger partial charge on any atom is 0.323 e. The molecule has 2 fully saturated rings. The van der Waals surface area contributed by atoms with Gasteiger partial charge in [-0.05, 0) is 87.2 Å². The number of esters is 1. The van der Waals surface area contributed by atoms with E-state index in [-0.39, 0.29) is 18.1 Å². The highest BCUT2D eigenvalue weighted by molar-refractivity contribution is 6.32. The first-order valence-corrected chi connectivity index (χ1v) is 16.5. The monoisotopic (exact) mass is 636 g/mol. The number of likely N-dealkylation sites (tertiary alicyclic amines) is 1. The molecule has 5 rings (SSSR count). The maximum absolute atomic E-state index is 12.0. The summed E-state index contributed by atoms with van der Waals surface area (Å²) < 4.78 is 23.5. The van der Waals surface area contributed by atoms with Gasteiger partial charge in [0.15, 0.2) is 0 Å². The van der Waals surface area contributed by atoms with Crippen LogP contribution in [0, 0.1) is 19.8 Å². The van der Waals surface area contributed by atoms with Gasteiger partial charge in [-0.25, -0.2) is 0 Å². The number of ether oxygens (including phenoxy) is 4. The first-order valence-electron chi connectivity index (χ1n) is 16.2. The molecule has 0 saturated carbocycles. The Morgan fingerprint density at radius 3 is 2.40 bits per heavy atom. The number of benzene rings is 3. The third kappa shape index (κ3) is 8.72. The van der Waals surface area contributed by atoms with Crippen LogP contribution < -0.4 is 19.5 Å². The number of hydrogen-bond acceptors (Lipinski definition) is 7. The average Bonchev–Trinajstić information content (AvgIpc) is 3.37. The topological polar surface area (TPSA) is 69.3 Å². The molecule has 2 saturated heterocycles. The summed E-state index contributed by atoms with van der Waals surface area (Å²) in [6.07, 6.45) is 3.01.